The van der Waals surface area contributed by atoms with Crippen LogP contribution in [-0.2, 0) is 12.8 Å². The number of fused-ring (bicyclic) bond motifs is 1. The highest BCUT2D eigenvalue weighted by Gasteiger charge is 2.15. The molecule has 1 aliphatic rings. The second-order valence-corrected chi connectivity index (χ2v) is 5.29. The van der Waals surface area contributed by atoms with Crippen molar-refractivity contribution in [2.45, 2.75) is 25.7 Å². The molecule has 0 bridgehead atoms. The van der Waals surface area contributed by atoms with E-state index in [9.17, 15) is 4.79 Å². The van der Waals surface area contributed by atoms with Crippen LogP contribution in [0.1, 0.15) is 34.3 Å². The minimum atomic E-state index is -0.107. The molecule has 0 atom stereocenters. The molecule has 2 aromatic rings. The van der Waals surface area contributed by atoms with Crippen LogP contribution in [-0.4, -0.2) is 17.9 Å². The molecular formula is C17H19N3O. The van der Waals surface area contributed by atoms with Crippen LogP contribution in [0, 0.1) is 0 Å². The van der Waals surface area contributed by atoms with E-state index in [1.54, 1.807) is 25.4 Å². The highest BCUT2D eigenvalue weighted by atomic mass is 16.1. The molecule has 1 heterocycles. The molecule has 0 saturated heterocycles. The summed E-state index contributed by atoms with van der Waals surface area (Å²) in [6.07, 6.45) is 6.18. The third-order valence-corrected chi connectivity index (χ3v) is 3.93. The number of rotatable bonds is 3. The van der Waals surface area contributed by atoms with Gasteiger partial charge in [0.2, 0.25) is 0 Å². The lowest BCUT2D eigenvalue weighted by molar-refractivity contribution is 0.102. The fourth-order valence-corrected chi connectivity index (χ4v) is 2.77. The summed E-state index contributed by atoms with van der Waals surface area (Å²) < 4.78 is 0. The van der Waals surface area contributed by atoms with Gasteiger partial charge in [0.15, 0.2) is 0 Å². The maximum atomic E-state index is 12.3. The number of nitrogens with zero attached hydrogens (tertiary/aromatic N) is 1. The van der Waals surface area contributed by atoms with E-state index in [0.717, 1.165) is 24.3 Å². The Kier molecular flexibility index (Phi) is 3.86. The number of pyridine rings is 1. The van der Waals surface area contributed by atoms with Crippen LogP contribution < -0.4 is 10.6 Å². The number of amides is 1. The number of hydrogen-bond acceptors (Lipinski definition) is 3. The molecule has 1 aromatic carbocycles. The van der Waals surface area contributed by atoms with Crippen molar-refractivity contribution in [1.82, 2.24) is 4.98 Å². The smallest absolute Gasteiger partial charge is 0.257 e. The molecule has 0 spiro atoms. The number of benzene rings is 1. The first kappa shape index (κ1) is 13.6. The molecule has 1 aromatic heterocycles. The van der Waals surface area contributed by atoms with Crippen LogP contribution in [0.5, 0.6) is 0 Å². The van der Waals surface area contributed by atoms with Crippen LogP contribution in [0.3, 0.4) is 0 Å². The first-order chi connectivity index (χ1) is 10.3. The first-order valence-corrected chi connectivity index (χ1v) is 7.34. The van der Waals surface area contributed by atoms with Crippen molar-refractivity contribution in [3.05, 3.63) is 53.2 Å². The number of anilines is 2. The van der Waals surface area contributed by atoms with Crippen LogP contribution >= 0.6 is 0 Å². The molecule has 4 heteroatoms. The molecule has 0 radical (unpaired) electrons. The van der Waals surface area contributed by atoms with Crippen LogP contribution in [0.4, 0.5) is 11.5 Å². The van der Waals surface area contributed by atoms with Gasteiger partial charge in [0.05, 0.1) is 5.56 Å². The van der Waals surface area contributed by atoms with Crippen LogP contribution in [0.25, 0.3) is 0 Å². The van der Waals surface area contributed by atoms with Crippen LogP contribution in [0.15, 0.2) is 36.5 Å². The average molecular weight is 281 g/mol. The number of carbonyl (C=O) groups is 1. The fraction of sp³-hybridized carbons (Fsp3) is 0.294. The van der Waals surface area contributed by atoms with Crippen molar-refractivity contribution >= 4 is 17.4 Å². The molecule has 0 aliphatic heterocycles. The third-order valence-electron chi connectivity index (χ3n) is 3.93. The van der Waals surface area contributed by atoms with Gasteiger partial charge in [0.25, 0.3) is 5.91 Å². The Morgan fingerprint density at radius 3 is 2.76 bits per heavy atom. The molecule has 1 aliphatic carbocycles. The summed E-state index contributed by atoms with van der Waals surface area (Å²) in [5.41, 5.74) is 4.16. The van der Waals surface area contributed by atoms with Crippen molar-refractivity contribution < 1.29 is 4.79 Å². The van der Waals surface area contributed by atoms with E-state index in [2.05, 4.69) is 21.7 Å². The van der Waals surface area contributed by atoms with Crippen molar-refractivity contribution in [2.24, 2.45) is 0 Å². The first-order valence-electron chi connectivity index (χ1n) is 7.34. The monoisotopic (exact) mass is 281 g/mol. The summed E-state index contributed by atoms with van der Waals surface area (Å²) in [5, 5.41) is 5.97. The van der Waals surface area contributed by atoms with Gasteiger partial charge in [0.1, 0.15) is 5.82 Å². The minimum Gasteiger partial charge on any atom is -0.373 e. The largest absolute Gasteiger partial charge is 0.373 e. The van der Waals surface area contributed by atoms with Gasteiger partial charge < -0.3 is 10.6 Å². The molecule has 0 fully saturated rings. The highest BCUT2D eigenvalue weighted by molar-refractivity contribution is 6.04. The SMILES string of the molecule is CNc1ccc(C(=O)Nc2cccc3c2CCCC3)cn1. The average Bonchev–Trinajstić information content (AvgIpc) is 2.55. The zero-order chi connectivity index (χ0) is 14.7. The standard InChI is InChI=1S/C17H19N3O/c1-18-16-10-9-13(11-19-16)17(21)20-15-8-4-6-12-5-2-3-7-14(12)15/h4,6,8-11H,2-3,5,7H2,1H3,(H,18,19)(H,20,21). The van der Waals surface area contributed by atoms with Gasteiger partial charge in [-0.3, -0.25) is 4.79 Å². The molecule has 3 rings (SSSR count). The van der Waals surface area contributed by atoms with Crippen molar-refractivity contribution in [3.8, 4) is 0 Å². The summed E-state index contributed by atoms with van der Waals surface area (Å²) in [4.78, 5) is 16.5. The van der Waals surface area contributed by atoms with E-state index in [0.29, 0.717) is 5.56 Å². The van der Waals surface area contributed by atoms with Gasteiger partial charge in [0, 0.05) is 18.9 Å². The lowest BCUT2D eigenvalue weighted by Gasteiger charge is -2.19. The lowest BCUT2D eigenvalue weighted by atomic mass is 9.90. The number of aryl methyl sites for hydroxylation is 1. The summed E-state index contributed by atoms with van der Waals surface area (Å²) in [6.45, 7) is 0. The quantitative estimate of drug-likeness (QED) is 0.908. The van der Waals surface area contributed by atoms with Gasteiger partial charge in [-0.15, -0.1) is 0 Å². The Bertz CT molecular complexity index is 650. The van der Waals surface area contributed by atoms with E-state index in [1.807, 2.05) is 12.1 Å². The molecule has 1 amide bonds. The predicted octanol–water partition coefficient (Wildman–Crippen LogP) is 3.25. The summed E-state index contributed by atoms with van der Waals surface area (Å²) in [6, 6.07) is 9.74. The maximum Gasteiger partial charge on any atom is 0.257 e. The topological polar surface area (TPSA) is 54.0 Å². The zero-order valence-corrected chi connectivity index (χ0v) is 12.1. The number of carbonyl (C=O) groups excluding carboxylic acids is 1. The Morgan fingerprint density at radius 1 is 1.14 bits per heavy atom. The van der Waals surface area contributed by atoms with Gasteiger partial charge >= 0.3 is 0 Å². The van der Waals surface area contributed by atoms with Gasteiger partial charge in [-0.1, -0.05) is 12.1 Å². The molecule has 0 unspecified atom stereocenters. The second kappa shape index (κ2) is 5.95. The lowest BCUT2D eigenvalue weighted by Crippen LogP contribution is -2.15. The molecule has 4 nitrogen and oxygen atoms in total. The van der Waals surface area contributed by atoms with E-state index < -0.39 is 0 Å². The normalized spacial score (nSPS) is 13.4. The van der Waals surface area contributed by atoms with Crippen molar-refractivity contribution in [3.63, 3.8) is 0 Å². The minimum absolute atomic E-state index is 0.107. The van der Waals surface area contributed by atoms with E-state index in [4.69, 9.17) is 0 Å². The summed E-state index contributed by atoms with van der Waals surface area (Å²) in [7, 11) is 1.80. The highest BCUT2D eigenvalue weighted by Crippen LogP contribution is 2.28. The van der Waals surface area contributed by atoms with Crippen molar-refractivity contribution in [2.75, 3.05) is 17.7 Å². The zero-order valence-electron chi connectivity index (χ0n) is 12.1. The Balaban J connectivity index is 1.81. The maximum absolute atomic E-state index is 12.3. The number of hydrogen-bond donors (Lipinski definition) is 2. The second-order valence-electron chi connectivity index (χ2n) is 5.29. The van der Waals surface area contributed by atoms with E-state index in [-0.39, 0.29) is 5.91 Å². The Labute approximate surface area is 124 Å². The van der Waals surface area contributed by atoms with Gasteiger partial charge in [-0.05, 0) is 55.0 Å². The van der Waals surface area contributed by atoms with E-state index in [1.165, 1.54) is 24.0 Å². The number of aromatic nitrogens is 1. The summed E-state index contributed by atoms with van der Waals surface area (Å²) in [5.74, 6) is 0.646. The molecule has 21 heavy (non-hydrogen) atoms. The molecular weight excluding hydrogens is 262 g/mol. The number of nitrogens with one attached hydrogen (secondary N) is 2. The molecule has 108 valence electrons. The van der Waals surface area contributed by atoms with Crippen molar-refractivity contribution in [1.29, 1.82) is 0 Å². The predicted molar refractivity (Wildman–Crippen MR) is 84.8 cm³/mol. The van der Waals surface area contributed by atoms with E-state index >= 15 is 0 Å². The molecule has 0 saturated carbocycles. The summed E-state index contributed by atoms with van der Waals surface area (Å²) >= 11 is 0. The third kappa shape index (κ3) is 2.89. The van der Waals surface area contributed by atoms with Gasteiger partial charge in [-0.2, -0.15) is 0 Å². The van der Waals surface area contributed by atoms with Gasteiger partial charge in [-0.25, -0.2) is 4.98 Å². The fourth-order valence-electron chi connectivity index (χ4n) is 2.77. The Hall–Kier alpha value is -2.36. The van der Waals surface area contributed by atoms with Crippen LogP contribution in [0.2, 0.25) is 0 Å². The Morgan fingerprint density at radius 2 is 2.00 bits per heavy atom. The molecule has 2 N–H and O–H groups in total.